The number of amides is 1. The summed E-state index contributed by atoms with van der Waals surface area (Å²) in [5, 5.41) is 0.366. The number of aromatic nitrogens is 2. The Labute approximate surface area is 148 Å². The Morgan fingerprint density at radius 1 is 1.36 bits per heavy atom. The Balaban J connectivity index is 1.91. The summed E-state index contributed by atoms with van der Waals surface area (Å²) < 4.78 is 11.5. The minimum absolute atomic E-state index is 0.0776. The number of carbonyl (C=O) groups is 2. The first-order valence-electron chi connectivity index (χ1n) is 8.04. The number of hydrogen-bond donors (Lipinski definition) is 0. The van der Waals surface area contributed by atoms with E-state index in [-0.39, 0.29) is 24.6 Å². The topological polar surface area (TPSA) is 90.7 Å². The Hall–Kier alpha value is -2.26. The van der Waals surface area contributed by atoms with Crippen molar-refractivity contribution in [1.29, 1.82) is 0 Å². The maximum Gasteiger partial charge on any atom is 0.348 e. The summed E-state index contributed by atoms with van der Waals surface area (Å²) in [5.74, 6) is -0.608. The minimum Gasteiger partial charge on any atom is -0.462 e. The number of fused-ring (bicyclic) bond motifs is 1. The van der Waals surface area contributed by atoms with E-state index >= 15 is 0 Å². The van der Waals surface area contributed by atoms with Gasteiger partial charge in [0.2, 0.25) is 5.91 Å². The van der Waals surface area contributed by atoms with E-state index in [0.717, 1.165) is 11.3 Å². The molecule has 134 valence electrons. The van der Waals surface area contributed by atoms with Gasteiger partial charge in [-0.1, -0.05) is 0 Å². The summed E-state index contributed by atoms with van der Waals surface area (Å²) in [4.78, 5) is 43.8. The van der Waals surface area contributed by atoms with Gasteiger partial charge in [0, 0.05) is 13.1 Å². The number of aryl methyl sites for hydroxylation is 1. The molecule has 3 heterocycles. The van der Waals surface area contributed by atoms with Crippen LogP contribution in [-0.2, 0) is 20.8 Å². The molecule has 3 rings (SSSR count). The zero-order chi connectivity index (χ0) is 18.0. The summed E-state index contributed by atoms with van der Waals surface area (Å²) in [6, 6.07) is 0. The summed E-state index contributed by atoms with van der Waals surface area (Å²) in [5.41, 5.74) is 0.222. The molecule has 0 bridgehead atoms. The molecule has 2 aromatic heterocycles. The molecule has 25 heavy (non-hydrogen) atoms. The largest absolute Gasteiger partial charge is 0.462 e. The van der Waals surface area contributed by atoms with Crippen LogP contribution in [0.25, 0.3) is 10.2 Å². The van der Waals surface area contributed by atoms with E-state index in [0.29, 0.717) is 47.0 Å². The molecule has 0 spiro atoms. The smallest absolute Gasteiger partial charge is 0.348 e. The van der Waals surface area contributed by atoms with Crippen molar-refractivity contribution >= 4 is 33.4 Å². The van der Waals surface area contributed by atoms with Crippen molar-refractivity contribution in [3.8, 4) is 0 Å². The summed E-state index contributed by atoms with van der Waals surface area (Å²) in [6.45, 7) is 5.66. The third-order valence-electron chi connectivity index (χ3n) is 4.05. The number of thiophene rings is 1. The van der Waals surface area contributed by atoms with Crippen molar-refractivity contribution in [1.82, 2.24) is 14.5 Å². The van der Waals surface area contributed by atoms with Crippen LogP contribution in [0.2, 0.25) is 0 Å². The third kappa shape index (κ3) is 3.42. The average Bonchev–Trinajstić information content (AvgIpc) is 2.96. The molecule has 1 amide bonds. The highest BCUT2D eigenvalue weighted by Crippen LogP contribution is 2.27. The van der Waals surface area contributed by atoms with Crippen LogP contribution in [0.15, 0.2) is 11.1 Å². The van der Waals surface area contributed by atoms with Crippen LogP contribution in [-0.4, -0.2) is 59.2 Å². The molecule has 0 N–H and O–H groups in total. The zero-order valence-corrected chi connectivity index (χ0v) is 14.9. The van der Waals surface area contributed by atoms with Crippen molar-refractivity contribution in [2.45, 2.75) is 20.4 Å². The van der Waals surface area contributed by atoms with E-state index in [1.54, 1.807) is 18.7 Å². The molecule has 1 aliphatic heterocycles. The van der Waals surface area contributed by atoms with E-state index in [2.05, 4.69) is 4.98 Å². The fraction of sp³-hybridized carbons (Fsp3) is 0.500. The van der Waals surface area contributed by atoms with E-state index in [1.807, 2.05) is 0 Å². The number of nitrogens with zero attached hydrogens (tertiary/aromatic N) is 3. The predicted molar refractivity (Wildman–Crippen MR) is 92.0 cm³/mol. The molecule has 1 aliphatic rings. The van der Waals surface area contributed by atoms with Gasteiger partial charge in [-0.3, -0.25) is 14.2 Å². The standard InChI is InChI=1S/C16H19N3O5S/c1-3-24-16(22)13-10(2)12-14(25-13)17-9-19(15(12)21)8-11(20)18-4-6-23-7-5-18/h9H,3-8H2,1-2H3. The van der Waals surface area contributed by atoms with Crippen molar-refractivity contribution < 1.29 is 19.1 Å². The highest BCUT2D eigenvalue weighted by molar-refractivity contribution is 7.20. The molecule has 9 heteroatoms. The molecule has 1 saturated heterocycles. The average molecular weight is 365 g/mol. The number of esters is 1. The lowest BCUT2D eigenvalue weighted by atomic mass is 10.2. The second-order valence-corrected chi connectivity index (χ2v) is 6.63. The second-order valence-electron chi connectivity index (χ2n) is 5.63. The van der Waals surface area contributed by atoms with Crippen LogP contribution in [0.1, 0.15) is 22.2 Å². The second kappa shape index (κ2) is 7.32. The number of rotatable bonds is 4. The van der Waals surface area contributed by atoms with Crippen LogP contribution in [0.3, 0.4) is 0 Å². The van der Waals surface area contributed by atoms with Gasteiger partial charge in [0.25, 0.3) is 5.56 Å². The highest BCUT2D eigenvalue weighted by atomic mass is 32.1. The lowest BCUT2D eigenvalue weighted by molar-refractivity contribution is -0.135. The first-order valence-corrected chi connectivity index (χ1v) is 8.85. The molecule has 0 atom stereocenters. The van der Waals surface area contributed by atoms with Gasteiger partial charge in [0.15, 0.2) is 0 Å². The van der Waals surface area contributed by atoms with Gasteiger partial charge in [-0.2, -0.15) is 0 Å². The van der Waals surface area contributed by atoms with E-state index in [9.17, 15) is 14.4 Å². The molecule has 0 aromatic carbocycles. The quantitative estimate of drug-likeness (QED) is 0.745. The van der Waals surface area contributed by atoms with Crippen LogP contribution < -0.4 is 5.56 Å². The monoisotopic (exact) mass is 365 g/mol. The first-order chi connectivity index (χ1) is 12.0. The third-order valence-corrected chi connectivity index (χ3v) is 5.23. The molecule has 0 aliphatic carbocycles. The van der Waals surface area contributed by atoms with Gasteiger partial charge in [0.1, 0.15) is 16.3 Å². The minimum atomic E-state index is -0.460. The molecular formula is C16H19N3O5S. The van der Waals surface area contributed by atoms with Crippen LogP contribution in [0.5, 0.6) is 0 Å². The molecule has 2 aromatic rings. The van der Waals surface area contributed by atoms with Gasteiger partial charge >= 0.3 is 5.97 Å². The molecule has 0 unspecified atom stereocenters. The van der Waals surface area contributed by atoms with E-state index < -0.39 is 5.97 Å². The Kier molecular flexibility index (Phi) is 5.14. The van der Waals surface area contributed by atoms with Crippen molar-refractivity contribution in [3.05, 3.63) is 27.1 Å². The Morgan fingerprint density at radius 3 is 2.76 bits per heavy atom. The maximum absolute atomic E-state index is 12.7. The Morgan fingerprint density at radius 2 is 2.08 bits per heavy atom. The fourth-order valence-electron chi connectivity index (χ4n) is 2.72. The summed E-state index contributed by atoms with van der Waals surface area (Å²) >= 11 is 1.13. The molecule has 8 nitrogen and oxygen atoms in total. The zero-order valence-electron chi connectivity index (χ0n) is 14.1. The normalized spacial score (nSPS) is 14.7. The van der Waals surface area contributed by atoms with Crippen LogP contribution in [0, 0.1) is 6.92 Å². The van der Waals surface area contributed by atoms with Gasteiger partial charge < -0.3 is 14.4 Å². The van der Waals surface area contributed by atoms with Crippen molar-refractivity contribution in [3.63, 3.8) is 0 Å². The molecule has 1 fully saturated rings. The molecule has 0 saturated carbocycles. The predicted octanol–water partition coefficient (Wildman–Crippen LogP) is 0.802. The van der Waals surface area contributed by atoms with Crippen LogP contribution >= 0.6 is 11.3 Å². The number of morpholine rings is 1. The highest BCUT2D eigenvalue weighted by Gasteiger charge is 2.22. The SMILES string of the molecule is CCOC(=O)c1sc2ncn(CC(=O)N3CCOCC3)c(=O)c2c1C. The van der Waals surface area contributed by atoms with Gasteiger partial charge in [-0.05, 0) is 19.4 Å². The summed E-state index contributed by atoms with van der Waals surface area (Å²) in [6.07, 6.45) is 1.36. The first kappa shape index (κ1) is 17.6. The number of hydrogen-bond acceptors (Lipinski definition) is 7. The van der Waals surface area contributed by atoms with Crippen molar-refractivity contribution in [2.24, 2.45) is 0 Å². The molecule has 0 radical (unpaired) electrons. The van der Waals surface area contributed by atoms with E-state index in [4.69, 9.17) is 9.47 Å². The van der Waals surface area contributed by atoms with E-state index in [1.165, 1.54) is 10.9 Å². The van der Waals surface area contributed by atoms with Crippen LogP contribution in [0.4, 0.5) is 0 Å². The van der Waals surface area contributed by atoms with Gasteiger partial charge in [-0.25, -0.2) is 9.78 Å². The summed E-state index contributed by atoms with van der Waals surface area (Å²) in [7, 11) is 0. The Bertz CT molecular complexity index is 867. The number of carbonyl (C=O) groups excluding carboxylic acids is 2. The van der Waals surface area contributed by atoms with Gasteiger partial charge in [-0.15, -0.1) is 11.3 Å². The van der Waals surface area contributed by atoms with Gasteiger partial charge in [0.05, 0.1) is 31.5 Å². The maximum atomic E-state index is 12.7. The number of ether oxygens (including phenoxy) is 2. The lowest BCUT2D eigenvalue weighted by Gasteiger charge is -2.26. The molecular weight excluding hydrogens is 346 g/mol. The lowest BCUT2D eigenvalue weighted by Crippen LogP contribution is -2.43. The van der Waals surface area contributed by atoms with Crippen molar-refractivity contribution in [2.75, 3.05) is 32.9 Å². The fourth-order valence-corrected chi connectivity index (χ4v) is 3.75.